The van der Waals surface area contributed by atoms with Crippen molar-refractivity contribution in [2.24, 2.45) is 0 Å². The molecule has 0 bridgehead atoms. The summed E-state index contributed by atoms with van der Waals surface area (Å²) in [6, 6.07) is 0. The molecule has 0 aliphatic rings. The van der Waals surface area contributed by atoms with Crippen LogP contribution in [0.4, 0.5) is 0 Å². The molecule has 264 valence electrons. The maximum Gasteiger partial charge on any atom is 0.305 e. The van der Waals surface area contributed by atoms with E-state index in [1.165, 1.54) is 141 Å². The second-order valence-electron chi connectivity index (χ2n) is 12.7. The smallest absolute Gasteiger partial charge is 0.305 e. The van der Waals surface area contributed by atoms with Gasteiger partial charge in [0, 0.05) is 12.8 Å². The predicted molar refractivity (Wildman–Crippen MR) is 192 cm³/mol. The summed E-state index contributed by atoms with van der Waals surface area (Å²) in [5.41, 5.74) is 0. The highest BCUT2D eigenvalue weighted by molar-refractivity contribution is 5.69. The maximum atomic E-state index is 11.9. The summed E-state index contributed by atoms with van der Waals surface area (Å²) in [5, 5.41) is 0. The molecule has 0 aromatic carbocycles. The van der Waals surface area contributed by atoms with E-state index in [2.05, 4.69) is 38.2 Å². The summed E-state index contributed by atoms with van der Waals surface area (Å²) in [6.45, 7) is 5.72. The van der Waals surface area contributed by atoms with Crippen LogP contribution in [0.3, 0.4) is 0 Å². The Morgan fingerprint density at radius 2 is 0.667 bits per heavy atom. The van der Waals surface area contributed by atoms with Gasteiger partial charge in [-0.25, -0.2) is 0 Å². The second kappa shape index (κ2) is 38.6. The van der Waals surface area contributed by atoms with Crippen molar-refractivity contribution in [3.8, 4) is 0 Å². The molecule has 0 amide bonds. The van der Waals surface area contributed by atoms with E-state index in [4.69, 9.17) is 14.2 Å². The van der Waals surface area contributed by atoms with E-state index >= 15 is 0 Å². The van der Waals surface area contributed by atoms with Crippen molar-refractivity contribution in [3.05, 3.63) is 24.3 Å². The van der Waals surface area contributed by atoms with Crippen LogP contribution >= 0.6 is 0 Å². The van der Waals surface area contributed by atoms with E-state index < -0.39 is 0 Å². The third-order valence-electron chi connectivity index (χ3n) is 8.27. The normalized spacial score (nSPS) is 11.6. The molecule has 0 saturated carbocycles. The summed E-state index contributed by atoms with van der Waals surface area (Å²) in [7, 11) is 0. The zero-order valence-electron chi connectivity index (χ0n) is 30.0. The Morgan fingerprint density at radius 1 is 0.378 bits per heavy atom. The third kappa shape index (κ3) is 38.5. The molecular formula is C40H74O5. The molecule has 0 atom stereocenters. The van der Waals surface area contributed by atoms with Crippen molar-refractivity contribution in [2.75, 3.05) is 26.4 Å². The van der Waals surface area contributed by atoms with Gasteiger partial charge in [0.15, 0.2) is 0 Å². The standard InChI is InChI=1S/C40H74O5/c1-3-5-7-9-11-13-15-17-19-21-23-25-27-29-31-33-39(41)44-37-35-43-36-38-45-40(42)34-32-30-28-26-24-22-20-18-16-14-12-10-8-6-4-2/h17-20H,3-16,21-38H2,1-2H3/b19-17+,20-18+. The van der Waals surface area contributed by atoms with Gasteiger partial charge in [-0.05, 0) is 64.2 Å². The first-order valence-corrected chi connectivity index (χ1v) is 19.4. The van der Waals surface area contributed by atoms with Crippen LogP contribution in [0.25, 0.3) is 0 Å². The number of rotatable bonds is 36. The van der Waals surface area contributed by atoms with Gasteiger partial charge < -0.3 is 14.2 Å². The first-order chi connectivity index (χ1) is 22.2. The molecule has 0 radical (unpaired) electrons. The highest BCUT2D eigenvalue weighted by atomic mass is 16.6. The number of hydrogen-bond acceptors (Lipinski definition) is 5. The summed E-state index contributed by atoms with van der Waals surface area (Å²) in [5.74, 6) is -0.301. The lowest BCUT2D eigenvalue weighted by molar-refractivity contribution is -0.146. The minimum absolute atomic E-state index is 0.150. The number of carbonyl (C=O) groups excluding carboxylic acids is 2. The monoisotopic (exact) mass is 635 g/mol. The Labute approximate surface area is 279 Å². The van der Waals surface area contributed by atoms with Crippen molar-refractivity contribution in [3.63, 3.8) is 0 Å². The van der Waals surface area contributed by atoms with Gasteiger partial charge in [0.2, 0.25) is 0 Å². The lowest BCUT2D eigenvalue weighted by Gasteiger charge is -2.07. The van der Waals surface area contributed by atoms with E-state index in [1.807, 2.05) is 0 Å². The summed E-state index contributed by atoms with van der Waals surface area (Å²) >= 11 is 0. The van der Waals surface area contributed by atoms with Gasteiger partial charge in [-0.15, -0.1) is 0 Å². The van der Waals surface area contributed by atoms with Crippen molar-refractivity contribution in [2.45, 2.75) is 194 Å². The molecular weight excluding hydrogens is 560 g/mol. The zero-order chi connectivity index (χ0) is 32.7. The molecule has 0 rings (SSSR count). The molecule has 0 saturated heterocycles. The summed E-state index contributed by atoms with van der Waals surface area (Å²) in [4.78, 5) is 23.8. The average molecular weight is 635 g/mol. The summed E-state index contributed by atoms with van der Waals surface area (Å²) < 4.78 is 15.9. The van der Waals surface area contributed by atoms with Crippen molar-refractivity contribution < 1.29 is 23.8 Å². The van der Waals surface area contributed by atoms with Gasteiger partial charge in [-0.1, -0.05) is 141 Å². The Hall–Kier alpha value is -1.62. The van der Waals surface area contributed by atoms with Gasteiger partial charge in [0.1, 0.15) is 13.2 Å². The average Bonchev–Trinajstić information content (AvgIpc) is 3.04. The molecule has 45 heavy (non-hydrogen) atoms. The van der Waals surface area contributed by atoms with Crippen LogP contribution in [-0.2, 0) is 23.8 Å². The number of carbonyl (C=O) groups is 2. The largest absolute Gasteiger partial charge is 0.463 e. The van der Waals surface area contributed by atoms with E-state index in [0.29, 0.717) is 26.1 Å². The maximum absolute atomic E-state index is 11.9. The van der Waals surface area contributed by atoms with Crippen LogP contribution in [0, 0.1) is 0 Å². The number of ether oxygens (including phenoxy) is 3. The van der Waals surface area contributed by atoms with Gasteiger partial charge >= 0.3 is 11.9 Å². The first-order valence-electron chi connectivity index (χ1n) is 19.4. The fourth-order valence-electron chi connectivity index (χ4n) is 5.36. The van der Waals surface area contributed by atoms with E-state index in [1.54, 1.807) is 0 Å². The number of allylic oxidation sites excluding steroid dienone is 4. The van der Waals surface area contributed by atoms with Crippen LogP contribution < -0.4 is 0 Å². The van der Waals surface area contributed by atoms with Crippen LogP contribution in [0.15, 0.2) is 24.3 Å². The molecule has 0 heterocycles. The molecule has 0 unspecified atom stereocenters. The minimum atomic E-state index is -0.150. The number of esters is 2. The van der Waals surface area contributed by atoms with Crippen molar-refractivity contribution >= 4 is 11.9 Å². The highest BCUT2D eigenvalue weighted by Gasteiger charge is 2.04. The molecule has 0 aromatic heterocycles. The Morgan fingerprint density at radius 3 is 1.00 bits per heavy atom. The highest BCUT2D eigenvalue weighted by Crippen LogP contribution is 2.12. The molecule has 0 N–H and O–H groups in total. The fourth-order valence-corrected chi connectivity index (χ4v) is 5.36. The fraction of sp³-hybridized carbons (Fsp3) is 0.850. The SMILES string of the molecule is CCCCCCCC/C=C/CCCCCCCC(=O)OCCOCCOC(=O)CCCCCCC/C=C/CCCCCCCC. The molecule has 0 aliphatic carbocycles. The molecule has 0 fully saturated rings. The first kappa shape index (κ1) is 43.4. The lowest BCUT2D eigenvalue weighted by Crippen LogP contribution is -2.14. The van der Waals surface area contributed by atoms with Crippen LogP contribution in [0.5, 0.6) is 0 Å². The number of hydrogen-bond donors (Lipinski definition) is 0. The molecule has 0 spiro atoms. The molecule has 0 aliphatic heterocycles. The Balaban J connectivity index is 3.31. The van der Waals surface area contributed by atoms with Gasteiger partial charge in [-0.3, -0.25) is 9.59 Å². The van der Waals surface area contributed by atoms with Crippen molar-refractivity contribution in [1.82, 2.24) is 0 Å². The minimum Gasteiger partial charge on any atom is -0.463 e. The molecule has 5 heteroatoms. The number of unbranched alkanes of at least 4 members (excludes halogenated alkanes) is 22. The molecule has 5 nitrogen and oxygen atoms in total. The third-order valence-corrected chi connectivity index (χ3v) is 8.27. The van der Waals surface area contributed by atoms with Crippen molar-refractivity contribution in [1.29, 1.82) is 0 Å². The molecule has 0 aromatic rings. The van der Waals surface area contributed by atoms with Crippen LogP contribution in [0.2, 0.25) is 0 Å². The van der Waals surface area contributed by atoms with Gasteiger partial charge in [-0.2, -0.15) is 0 Å². The predicted octanol–water partition coefficient (Wildman–Crippen LogP) is 12.2. The van der Waals surface area contributed by atoms with Gasteiger partial charge in [0.25, 0.3) is 0 Å². The Bertz CT molecular complexity index is 616. The lowest BCUT2D eigenvalue weighted by atomic mass is 10.1. The topological polar surface area (TPSA) is 61.8 Å². The van der Waals surface area contributed by atoms with E-state index in [0.717, 1.165) is 25.7 Å². The summed E-state index contributed by atoms with van der Waals surface area (Å²) in [6.07, 6.45) is 42.7. The second-order valence-corrected chi connectivity index (χ2v) is 12.7. The Kier molecular flexibility index (Phi) is 37.2. The van der Waals surface area contributed by atoms with Gasteiger partial charge in [0.05, 0.1) is 13.2 Å². The zero-order valence-corrected chi connectivity index (χ0v) is 30.0. The van der Waals surface area contributed by atoms with E-state index in [9.17, 15) is 9.59 Å². The quantitative estimate of drug-likeness (QED) is 0.0390. The van der Waals surface area contributed by atoms with Crippen LogP contribution in [0.1, 0.15) is 194 Å². The van der Waals surface area contributed by atoms with Crippen LogP contribution in [-0.4, -0.2) is 38.4 Å². The van der Waals surface area contributed by atoms with E-state index in [-0.39, 0.29) is 25.2 Å².